The summed E-state index contributed by atoms with van der Waals surface area (Å²) in [4.78, 5) is 23.6. The van der Waals surface area contributed by atoms with E-state index >= 15 is 0 Å². The highest BCUT2D eigenvalue weighted by Gasteiger charge is 2.09. The van der Waals surface area contributed by atoms with Gasteiger partial charge in [-0.2, -0.15) is 0 Å². The van der Waals surface area contributed by atoms with Gasteiger partial charge in [0.25, 0.3) is 0 Å². The third kappa shape index (κ3) is 3.48. The van der Waals surface area contributed by atoms with E-state index in [0.29, 0.717) is 11.3 Å². The molecule has 0 aliphatic carbocycles. The number of para-hydroxylation sites is 1. The van der Waals surface area contributed by atoms with Gasteiger partial charge in [-0.3, -0.25) is 0 Å². The second kappa shape index (κ2) is 6.38. The van der Waals surface area contributed by atoms with Gasteiger partial charge in [-0.15, -0.1) is 0 Å². The fourth-order valence-electron chi connectivity index (χ4n) is 1.72. The normalized spacial score (nSPS) is 11.0. The lowest BCUT2D eigenvalue weighted by atomic mass is 10.2. The highest BCUT2D eigenvalue weighted by Crippen LogP contribution is 2.14. The molecule has 2 rings (SSSR count). The molecular weight excluding hydrogens is 268 g/mol. The minimum Gasteiger partial charge on any atom is -0.421 e. The maximum atomic E-state index is 11.8. The molecule has 1 aromatic heterocycles. The van der Waals surface area contributed by atoms with Crippen LogP contribution in [0.25, 0.3) is 11.0 Å². The van der Waals surface area contributed by atoms with E-state index < -0.39 is 11.7 Å². The number of allylic oxidation sites excluding steroid dienone is 3. The Morgan fingerprint density at radius 3 is 2.71 bits per heavy atom. The first kappa shape index (κ1) is 14.3. The fraction of sp³-hybridized carbons (Fsp3) is 0. The van der Waals surface area contributed by atoms with Gasteiger partial charge in [-0.1, -0.05) is 37.4 Å². The third-order valence-corrected chi connectivity index (χ3v) is 2.66. The van der Waals surface area contributed by atoms with Gasteiger partial charge in [0.2, 0.25) is 0 Å². The summed E-state index contributed by atoms with van der Waals surface area (Å²) in [5.41, 5.74) is 0.379. The molecule has 2 N–H and O–H groups in total. The van der Waals surface area contributed by atoms with E-state index in [2.05, 4.69) is 23.8 Å². The minimum atomic E-state index is -0.614. The van der Waals surface area contributed by atoms with Gasteiger partial charge < -0.3 is 15.1 Å². The Hall–Kier alpha value is -3.08. The molecule has 0 aliphatic heterocycles. The van der Waals surface area contributed by atoms with Crippen molar-refractivity contribution in [3.05, 3.63) is 77.8 Å². The molecule has 2 aromatic rings. The zero-order valence-electron chi connectivity index (χ0n) is 11.3. The smallest absolute Gasteiger partial charge is 0.360 e. The molecule has 21 heavy (non-hydrogen) atoms. The number of urea groups is 1. The van der Waals surface area contributed by atoms with Crippen LogP contribution >= 0.6 is 0 Å². The number of hydrogen-bond acceptors (Lipinski definition) is 3. The van der Waals surface area contributed by atoms with Crippen LogP contribution < -0.4 is 16.3 Å². The number of nitrogens with one attached hydrogen (secondary N) is 2. The lowest BCUT2D eigenvalue weighted by Gasteiger charge is -2.07. The van der Waals surface area contributed by atoms with Gasteiger partial charge in [-0.25, -0.2) is 9.59 Å². The minimum absolute atomic E-state index is 0.0632. The molecular formula is C16H14N2O3. The van der Waals surface area contributed by atoms with E-state index in [1.54, 1.807) is 30.3 Å². The van der Waals surface area contributed by atoms with Crippen molar-refractivity contribution in [2.24, 2.45) is 0 Å². The Kier molecular flexibility index (Phi) is 4.36. The first-order valence-corrected chi connectivity index (χ1v) is 6.20. The van der Waals surface area contributed by atoms with E-state index in [1.165, 1.54) is 12.2 Å². The van der Waals surface area contributed by atoms with Crippen LogP contribution in [0.15, 0.2) is 76.6 Å². The summed E-state index contributed by atoms with van der Waals surface area (Å²) in [6, 6.07) is 8.05. The molecule has 0 atom stereocenters. The number of amides is 2. The van der Waals surface area contributed by atoms with Crippen LogP contribution in [0.5, 0.6) is 0 Å². The van der Waals surface area contributed by atoms with Crippen molar-refractivity contribution in [2.45, 2.75) is 0 Å². The van der Waals surface area contributed by atoms with Gasteiger partial charge in [0.05, 0.1) is 0 Å². The van der Waals surface area contributed by atoms with Gasteiger partial charge in [0, 0.05) is 11.1 Å². The topological polar surface area (TPSA) is 71.3 Å². The molecule has 0 radical (unpaired) electrons. The Labute approximate surface area is 121 Å². The molecule has 0 spiro atoms. The van der Waals surface area contributed by atoms with Crippen molar-refractivity contribution >= 4 is 22.7 Å². The molecule has 0 unspecified atom stereocenters. The third-order valence-electron chi connectivity index (χ3n) is 2.66. The second-order valence-electron chi connectivity index (χ2n) is 4.13. The van der Waals surface area contributed by atoms with Crippen LogP contribution in [0.4, 0.5) is 10.5 Å². The number of hydrogen-bond donors (Lipinski definition) is 2. The van der Waals surface area contributed by atoms with Gasteiger partial charge >= 0.3 is 11.7 Å². The van der Waals surface area contributed by atoms with E-state index in [0.717, 1.165) is 5.39 Å². The number of benzene rings is 1. The van der Waals surface area contributed by atoms with E-state index in [9.17, 15) is 9.59 Å². The zero-order valence-corrected chi connectivity index (χ0v) is 11.3. The highest BCUT2D eigenvalue weighted by molar-refractivity contribution is 5.92. The van der Waals surface area contributed by atoms with Crippen molar-refractivity contribution < 1.29 is 9.21 Å². The summed E-state index contributed by atoms with van der Waals surface area (Å²) in [6.45, 7) is 7.09. The number of rotatable bonds is 4. The standard InChI is InChI=1S/C16H14N2O3/c1-3-7-12(4-2)17-16(20)18-13-10-11-8-5-6-9-14(11)21-15(13)19/h3-10H,1-2H2,(H2,17,18,20)/b12-7+. The van der Waals surface area contributed by atoms with Gasteiger partial charge in [0.1, 0.15) is 11.3 Å². The summed E-state index contributed by atoms with van der Waals surface area (Å²) in [7, 11) is 0. The Morgan fingerprint density at radius 1 is 1.24 bits per heavy atom. The molecule has 2 amide bonds. The van der Waals surface area contributed by atoms with Crippen LogP contribution in [0, 0.1) is 0 Å². The predicted octanol–water partition coefficient (Wildman–Crippen LogP) is 3.17. The first-order chi connectivity index (χ1) is 10.1. The molecule has 5 nitrogen and oxygen atoms in total. The largest absolute Gasteiger partial charge is 0.421 e. The first-order valence-electron chi connectivity index (χ1n) is 6.20. The molecule has 0 saturated carbocycles. The van der Waals surface area contributed by atoms with E-state index in [-0.39, 0.29) is 5.69 Å². The van der Waals surface area contributed by atoms with Crippen LogP contribution in [0.3, 0.4) is 0 Å². The number of anilines is 1. The van der Waals surface area contributed by atoms with Gasteiger partial charge in [-0.05, 0) is 24.3 Å². The quantitative estimate of drug-likeness (QED) is 0.668. The Balaban J connectivity index is 2.23. The van der Waals surface area contributed by atoms with Crippen LogP contribution in [0.2, 0.25) is 0 Å². The molecule has 106 valence electrons. The van der Waals surface area contributed by atoms with E-state index in [4.69, 9.17) is 4.42 Å². The summed E-state index contributed by atoms with van der Waals surface area (Å²) in [6.07, 6.45) is 4.56. The average molecular weight is 282 g/mol. The predicted molar refractivity (Wildman–Crippen MR) is 83.1 cm³/mol. The maximum absolute atomic E-state index is 11.8. The zero-order chi connectivity index (χ0) is 15.2. The molecule has 1 aromatic carbocycles. The van der Waals surface area contributed by atoms with Gasteiger partial charge in [0.15, 0.2) is 0 Å². The SMILES string of the molecule is C=C/C=C(\C=C)NC(=O)Nc1cc2ccccc2oc1=O. The highest BCUT2D eigenvalue weighted by atomic mass is 16.4. The van der Waals surface area contributed by atoms with E-state index in [1.807, 2.05) is 6.07 Å². The van der Waals surface area contributed by atoms with Crippen molar-refractivity contribution in [1.29, 1.82) is 0 Å². The molecule has 1 heterocycles. The molecule has 0 saturated heterocycles. The monoisotopic (exact) mass is 282 g/mol. The van der Waals surface area contributed by atoms with Crippen molar-refractivity contribution in [2.75, 3.05) is 5.32 Å². The summed E-state index contributed by atoms with van der Waals surface area (Å²) >= 11 is 0. The van der Waals surface area contributed by atoms with Crippen molar-refractivity contribution in [3.8, 4) is 0 Å². The number of fused-ring (bicyclic) bond motifs is 1. The summed E-state index contributed by atoms with van der Waals surface area (Å²) < 4.78 is 5.12. The fourth-order valence-corrected chi connectivity index (χ4v) is 1.72. The number of carbonyl (C=O) groups is 1. The van der Waals surface area contributed by atoms with Crippen molar-refractivity contribution in [3.63, 3.8) is 0 Å². The Bertz CT molecular complexity index is 787. The molecule has 0 aliphatic rings. The van der Waals surface area contributed by atoms with Crippen molar-refractivity contribution in [1.82, 2.24) is 5.32 Å². The lowest BCUT2D eigenvalue weighted by Crippen LogP contribution is -2.29. The second-order valence-corrected chi connectivity index (χ2v) is 4.13. The lowest BCUT2D eigenvalue weighted by molar-refractivity contribution is 0.254. The molecule has 0 bridgehead atoms. The van der Waals surface area contributed by atoms with Crippen LogP contribution in [-0.2, 0) is 0 Å². The Morgan fingerprint density at radius 2 is 2.00 bits per heavy atom. The molecule has 0 fully saturated rings. The summed E-state index contributed by atoms with van der Waals surface area (Å²) in [5.74, 6) is 0. The maximum Gasteiger partial charge on any atom is 0.360 e. The molecule has 5 heteroatoms. The summed E-state index contributed by atoms with van der Waals surface area (Å²) in [5, 5.41) is 5.70. The van der Waals surface area contributed by atoms with Crippen LogP contribution in [0.1, 0.15) is 0 Å². The van der Waals surface area contributed by atoms with Crippen LogP contribution in [-0.4, -0.2) is 6.03 Å². The average Bonchev–Trinajstić information content (AvgIpc) is 2.47. The number of carbonyl (C=O) groups excluding carboxylic acids is 1.